The topological polar surface area (TPSA) is 49.8 Å². The Morgan fingerprint density at radius 3 is 3.00 bits per heavy atom. The van der Waals surface area contributed by atoms with Gasteiger partial charge >= 0.3 is 0 Å². The summed E-state index contributed by atoms with van der Waals surface area (Å²) < 4.78 is 18.3. The SMILES string of the molecule is COCc1cc(C(=O)N2CC[C@@H](O)C2)ccc1F. The highest BCUT2D eigenvalue weighted by Crippen LogP contribution is 2.17. The summed E-state index contributed by atoms with van der Waals surface area (Å²) in [6.07, 6.45) is 0.144. The van der Waals surface area contributed by atoms with Gasteiger partial charge in [-0.25, -0.2) is 4.39 Å². The number of aliphatic hydroxyl groups is 1. The van der Waals surface area contributed by atoms with Crippen molar-refractivity contribution in [2.24, 2.45) is 0 Å². The van der Waals surface area contributed by atoms with E-state index in [-0.39, 0.29) is 18.3 Å². The number of hydrogen-bond acceptors (Lipinski definition) is 3. The third-order valence-electron chi connectivity index (χ3n) is 3.04. The van der Waals surface area contributed by atoms with Crippen LogP contribution in [0, 0.1) is 5.82 Å². The van der Waals surface area contributed by atoms with E-state index in [1.54, 1.807) is 4.90 Å². The molecule has 1 atom stereocenters. The largest absolute Gasteiger partial charge is 0.391 e. The van der Waals surface area contributed by atoms with Crippen molar-refractivity contribution in [3.63, 3.8) is 0 Å². The van der Waals surface area contributed by atoms with E-state index >= 15 is 0 Å². The molecular weight excluding hydrogens is 237 g/mol. The fraction of sp³-hybridized carbons (Fsp3) is 0.462. The van der Waals surface area contributed by atoms with E-state index in [1.807, 2.05) is 0 Å². The number of methoxy groups -OCH3 is 1. The summed E-state index contributed by atoms with van der Waals surface area (Å²) in [5.74, 6) is -0.557. The number of amides is 1. The van der Waals surface area contributed by atoms with Crippen molar-refractivity contribution in [1.29, 1.82) is 0 Å². The second-order valence-electron chi connectivity index (χ2n) is 4.43. The number of benzene rings is 1. The summed E-state index contributed by atoms with van der Waals surface area (Å²) in [6, 6.07) is 4.24. The van der Waals surface area contributed by atoms with Crippen molar-refractivity contribution in [3.05, 3.63) is 35.1 Å². The highest BCUT2D eigenvalue weighted by atomic mass is 19.1. The lowest BCUT2D eigenvalue weighted by Crippen LogP contribution is -2.29. The summed E-state index contributed by atoms with van der Waals surface area (Å²) in [7, 11) is 1.48. The summed E-state index contributed by atoms with van der Waals surface area (Å²) in [6.45, 7) is 1.02. The van der Waals surface area contributed by atoms with Crippen molar-refractivity contribution in [3.8, 4) is 0 Å². The molecule has 4 nitrogen and oxygen atoms in total. The smallest absolute Gasteiger partial charge is 0.253 e. The summed E-state index contributed by atoms with van der Waals surface area (Å²) >= 11 is 0. The van der Waals surface area contributed by atoms with Crippen molar-refractivity contribution in [2.75, 3.05) is 20.2 Å². The Balaban J connectivity index is 2.17. The lowest BCUT2D eigenvalue weighted by molar-refractivity contribution is 0.0764. The van der Waals surface area contributed by atoms with Crippen molar-refractivity contribution in [2.45, 2.75) is 19.1 Å². The molecule has 0 radical (unpaired) electrons. The van der Waals surface area contributed by atoms with Gasteiger partial charge < -0.3 is 14.7 Å². The minimum atomic E-state index is -0.451. The second kappa shape index (κ2) is 5.46. The van der Waals surface area contributed by atoms with Gasteiger partial charge in [-0.2, -0.15) is 0 Å². The lowest BCUT2D eigenvalue weighted by Gasteiger charge is -2.16. The quantitative estimate of drug-likeness (QED) is 0.880. The Bertz CT molecular complexity index is 450. The van der Waals surface area contributed by atoms with Crippen LogP contribution in [0.25, 0.3) is 0 Å². The molecule has 1 aliphatic rings. The summed E-state index contributed by atoms with van der Waals surface area (Å²) in [4.78, 5) is 13.7. The van der Waals surface area contributed by atoms with Crippen LogP contribution >= 0.6 is 0 Å². The van der Waals surface area contributed by atoms with E-state index in [0.717, 1.165) is 0 Å². The highest BCUT2D eigenvalue weighted by molar-refractivity contribution is 5.94. The first kappa shape index (κ1) is 13.0. The van der Waals surface area contributed by atoms with E-state index < -0.39 is 6.10 Å². The molecule has 0 spiro atoms. The summed E-state index contributed by atoms with van der Waals surface area (Å²) in [5, 5.41) is 9.40. The van der Waals surface area contributed by atoms with Gasteiger partial charge in [0.1, 0.15) is 5.82 Å². The molecule has 1 aromatic rings. The first-order valence-corrected chi connectivity index (χ1v) is 5.86. The fourth-order valence-electron chi connectivity index (χ4n) is 2.08. The van der Waals surface area contributed by atoms with Crippen LogP contribution in [0.1, 0.15) is 22.3 Å². The molecule has 0 bridgehead atoms. The molecule has 1 aromatic carbocycles. The molecule has 1 N–H and O–H groups in total. The standard InChI is InChI=1S/C13H16FNO3/c1-18-8-10-6-9(2-3-12(10)14)13(17)15-5-4-11(16)7-15/h2-3,6,11,16H,4-5,7-8H2,1H3/t11-/m1/s1. The Morgan fingerprint density at radius 2 is 2.39 bits per heavy atom. The molecular formula is C13H16FNO3. The van der Waals surface area contributed by atoms with Crippen molar-refractivity contribution >= 4 is 5.91 Å². The second-order valence-corrected chi connectivity index (χ2v) is 4.43. The number of nitrogens with zero attached hydrogens (tertiary/aromatic N) is 1. The number of hydrogen-bond donors (Lipinski definition) is 1. The van der Waals surface area contributed by atoms with Gasteiger partial charge in [-0.3, -0.25) is 4.79 Å². The number of carbonyl (C=O) groups excluding carboxylic acids is 1. The van der Waals surface area contributed by atoms with E-state index in [4.69, 9.17) is 4.74 Å². The number of β-amino-alcohol motifs (C(OH)–C–C–N with tert-alkyl or cyclic N) is 1. The van der Waals surface area contributed by atoms with Crippen LogP contribution in [0.2, 0.25) is 0 Å². The third-order valence-corrected chi connectivity index (χ3v) is 3.04. The molecule has 5 heteroatoms. The monoisotopic (exact) mass is 253 g/mol. The first-order chi connectivity index (χ1) is 8.61. The van der Waals surface area contributed by atoms with Crippen LogP contribution in [0.5, 0.6) is 0 Å². The number of halogens is 1. The van der Waals surface area contributed by atoms with Gasteiger partial charge in [0.25, 0.3) is 5.91 Å². The highest BCUT2D eigenvalue weighted by Gasteiger charge is 2.25. The van der Waals surface area contributed by atoms with Crippen LogP contribution in [-0.4, -0.2) is 42.2 Å². The Kier molecular flexibility index (Phi) is 3.93. The fourth-order valence-corrected chi connectivity index (χ4v) is 2.08. The maximum atomic E-state index is 13.4. The molecule has 18 heavy (non-hydrogen) atoms. The zero-order valence-corrected chi connectivity index (χ0v) is 10.2. The molecule has 2 rings (SSSR count). The maximum Gasteiger partial charge on any atom is 0.253 e. The van der Waals surface area contributed by atoms with E-state index in [0.29, 0.717) is 30.6 Å². The van der Waals surface area contributed by atoms with Gasteiger partial charge in [0.2, 0.25) is 0 Å². The molecule has 98 valence electrons. The first-order valence-electron chi connectivity index (χ1n) is 5.86. The molecule has 1 fully saturated rings. The van der Waals surface area contributed by atoms with Gasteiger partial charge in [-0.05, 0) is 24.6 Å². The van der Waals surface area contributed by atoms with Gasteiger partial charge in [0, 0.05) is 31.3 Å². The Hall–Kier alpha value is -1.46. The number of likely N-dealkylation sites (tertiary alicyclic amines) is 1. The maximum absolute atomic E-state index is 13.4. The molecule has 1 amide bonds. The van der Waals surface area contributed by atoms with E-state index in [9.17, 15) is 14.3 Å². The van der Waals surface area contributed by atoms with Crippen LogP contribution in [0.4, 0.5) is 4.39 Å². The predicted molar refractivity (Wildman–Crippen MR) is 63.6 cm³/mol. The Labute approximate surface area is 105 Å². The average Bonchev–Trinajstić information content (AvgIpc) is 2.78. The van der Waals surface area contributed by atoms with Crippen LogP contribution < -0.4 is 0 Å². The molecule has 0 aliphatic carbocycles. The van der Waals surface area contributed by atoms with Crippen LogP contribution in [0.15, 0.2) is 18.2 Å². The molecule has 0 aromatic heterocycles. The zero-order chi connectivity index (χ0) is 13.1. The zero-order valence-electron chi connectivity index (χ0n) is 10.2. The van der Waals surface area contributed by atoms with E-state index in [2.05, 4.69) is 0 Å². The molecule has 0 saturated carbocycles. The predicted octanol–water partition coefficient (Wildman–Crippen LogP) is 1.18. The molecule has 1 aliphatic heterocycles. The molecule has 1 saturated heterocycles. The van der Waals surface area contributed by atoms with Crippen LogP contribution in [-0.2, 0) is 11.3 Å². The van der Waals surface area contributed by atoms with Crippen molar-refractivity contribution < 1.29 is 19.0 Å². The normalized spacial score (nSPS) is 19.3. The van der Waals surface area contributed by atoms with Gasteiger partial charge in [-0.1, -0.05) is 0 Å². The van der Waals surface area contributed by atoms with E-state index in [1.165, 1.54) is 25.3 Å². The van der Waals surface area contributed by atoms with Gasteiger partial charge in [0.05, 0.1) is 12.7 Å². The van der Waals surface area contributed by atoms with Gasteiger partial charge in [-0.15, -0.1) is 0 Å². The van der Waals surface area contributed by atoms with Crippen molar-refractivity contribution in [1.82, 2.24) is 4.90 Å². The minimum Gasteiger partial charge on any atom is -0.391 e. The third kappa shape index (κ3) is 2.68. The number of ether oxygens (including phenoxy) is 1. The number of carbonyl (C=O) groups is 1. The minimum absolute atomic E-state index is 0.135. The van der Waals surface area contributed by atoms with Gasteiger partial charge in [0.15, 0.2) is 0 Å². The molecule has 0 unspecified atom stereocenters. The molecule has 1 heterocycles. The number of rotatable bonds is 3. The Morgan fingerprint density at radius 1 is 1.61 bits per heavy atom. The van der Waals surface area contributed by atoms with Crippen LogP contribution in [0.3, 0.4) is 0 Å². The summed E-state index contributed by atoms with van der Waals surface area (Å²) in [5.41, 5.74) is 0.792. The number of aliphatic hydroxyl groups excluding tert-OH is 1. The lowest BCUT2D eigenvalue weighted by atomic mass is 10.1. The average molecular weight is 253 g/mol.